The third-order valence-corrected chi connectivity index (χ3v) is 26.7. The number of nitro groups is 4. The van der Waals surface area contributed by atoms with Crippen LogP contribution in [0.1, 0.15) is 122 Å². The number of nitrogens with zero attached hydrogens (tertiary/aromatic N) is 8. The Morgan fingerprint density at radius 2 is 0.830 bits per heavy atom. The second-order valence-corrected chi connectivity index (χ2v) is 31.8. The summed E-state index contributed by atoms with van der Waals surface area (Å²) < 4.78 is 12.2. The lowest BCUT2D eigenvalue weighted by Gasteiger charge is -2.39. The molecule has 8 fully saturated rings. The van der Waals surface area contributed by atoms with Crippen molar-refractivity contribution in [1.29, 1.82) is 0 Å². The number of aryl methyl sites for hydroxylation is 4. The molecule has 0 aromatic heterocycles. The molecule has 4 saturated heterocycles. The molecule has 18 rings (SSSR count). The first-order valence-corrected chi connectivity index (χ1v) is 36.8. The molecule has 12 atom stereocenters. The highest BCUT2D eigenvalue weighted by atomic mass is 32.2. The van der Waals surface area contributed by atoms with Gasteiger partial charge in [0.05, 0.1) is 40.1 Å². The van der Waals surface area contributed by atoms with Crippen molar-refractivity contribution in [1.82, 2.24) is 9.80 Å². The highest BCUT2D eigenvalue weighted by Crippen LogP contribution is 2.66. The van der Waals surface area contributed by atoms with Crippen LogP contribution < -0.4 is 19.3 Å². The van der Waals surface area contributed by atoms with E-state index in [1.165, 1.54) is 26.5 Å². The van der Waals surface area contributed by atoms with Gasteiger partial charge in [-0.3, -0.25) is 64.5 Å². The number of hydrogen-bond donors (Lipinski definition) is 0. The molecule has 100 heavy (non-hydrogen) atoms. The summed E-state index contributed by atoms with van der Waals surface area (Å²) in [5.74, 6) is 3.39. The highest BCUT2D eigenvalue weighted by Gasteiger charge is 2.67. The number of anilines is 2. The summed E-state index contributed by atoms with van der Waals surface area (Å²) in [5.41, 5.74) is 9.01. The number of ether oxygens (including phenoxy) is 2. The minimum absolute atomic E-state index is 0.0104. The molecule has 4 amide bonds. The minimum Gasteiger partial charge on any atom is -0.491 e. The number of rotatable bonds is 8. The SMILES string of the molecule is Cc1ccc2c(c1)OCCN1C(=O)CC3[C@H](C[N+](=O)[O-])CCC231.Cc1ccc2c(c1)Oc1ccccc1N1C(=O)C[C@H]3[C@H](C[N+](=O)[O-])CC[C@]231.Cc1ccc2c(c1)SCCN1C(=O)C[C@H]3[C@H](C[N+](=O)[O-])CC[C@]231.Cc1ccc2c(c1)Sc1ccccc1N1C(=O)C[C@H]3[C@H](C[N+](=O)[O-])CC[C@]231. The molecule has 520 valence electrons. The maximum Gasteiger partial charge on any atom is 0.228 e. The molecule has 8 aliphatic heterocycles. The van der Waals surface area contributed by atoms with Gasteiger partial charge in [0.25, 0.3) is 0 Å². The predicted octanol–water partition coefficient (Wildman–Crippen LogP) is 13.4. The predicted molar refractivity (Wildman–Crippen MR) is 374 cm³/mol. The molecule has 6 aromatic carbocycles. The van der Waals surface area contributed by atoms with Crippen LogP contribution in [0.4, 0.5) is 11.4 Å². The van der Waals surface area contributed by atoms with Crippen LogP contribution in [0.2, 0.25) is 0 Å². The van der Waals surface area contributed by atoms with Crippen LogP contribution in [0.15, 0.2) is 136 Å². The molecule has 0 N–H and O–H groups in total. The fourth-order valence-corrected chi connectivity index (χ4v) is 23.2. The summed E-state index contributed by atoms with van der Waals surface area (Å²) in [7, 11) is 0. The Hall–Kier alpha value is -8.90. The fraction of sp³-hybridized carbons (Fsp3) is 0.474. The van der Waals surface area contributed by atoms with Gasteiger partial charge in [-0.25, -0.2) is 0 Å². The number of carbonyl (C=O) groups is 4. The van der Waals surface area contributed by atoms with Gasteiger partial charge in [-0.05, 0) is 161 Å². The zero-order valence-electron chi connectivity index (χ0n) is 56.4. The molecule has 0 radical (unpaired) electrons. The van der Waals surface area contributed by atoms with Gasteiger partial charge in [0.1, 0.15) is 18.1 Å². The summed E-state index contributed by atoms with van der Waals surface area (Å²) in [4.78, 5) is 107. The maximum atomic E-state index is 13.2. The summed E-state index contributed by atoms with van der Waals surface area (Å²) in [6.07, 6.45) is 7.95. The standard InChI is InChI=1S/C21H20N2O4.C21H20N2O3S.C17H20N2O4.C17H20N2O3S/c2*1-13-6-7-15-19(10-13)27-18-5-3-2-4-17(18)23-20(24)11-16-14(12-22(25)26)8-9-21(15,16)23;2*1-11-2-3-13-15(8-11)23-7-6-18-16(20)9-14-12(10-19(21)22)4-5-17(13,14)18/h2*2-7,10,14,16H,8-9,11-12H2,1H3;2*2-3,8,12,14H,4-7,9-10H2,1H3/t2*14-,16-,21-;12-,14?,17?;12-,14-,17-/m0000/s1. The first kappa shape index (κ1) is 67.0. The van der Waals surface area contributed by atoms with E-state index < -0.39 is 16.6 Å². The van der Waals surface area contributed by atoms with Crippen LogP contribution in [-0.4, -0.2) is 105 Å². The number of thioether (sulfide) groups is 1. The maximum absolute atomic E-state index is 13.2. The molecule has 24 heteroatoms. The Morgan fingerprint density at radius 3 is 1.38 bits per heavy atom. The van der Waals surface area contributed by atoms with Crippen molar-refractivity contribution in [2.45, 2.75) is 142 Å². The first-order chi connectivity index (χ1) is 48.0. The van der Waals surface area contributed by atoms with Crippen LogP contribution in [0.5, 0.6) is 17.2 Å². The number of fused-ring (bicyclic) bond motifs is 8. The van der Waals surface area contributed by atoms with Gasteiger partial charge in [-0.1, -0.05) is 84.6 Å². The fourth-order valence-electron chi connectivity index (χ4n) is 20.7. The summed E-state index contributed by atoms with van der Waals surface area (Å²) in [6.45, 7) is 9.79. The van der Waals surface area contributed by atoms with E-state index in [-0.39, 0.29) is 122 Å². The van der Waals surface area contributed by atoms with E-state index in [9.17, 15) is 59.6 Å². The Kier molecular flexibility index (Phi) is 17.2. The van der Waals surface area contributed by atoms with Gasteiger partial charge in [0.15, 0.2) is 5.75 Å². The average Bonchev–Trinajstić information content (AvgIpc) is 1.54. The molecular formula is C76H80N8O14S2. The van der Waals surface area contributed by atoms with Crippen LogP contribution >= 0.6 is 23.5 Å². The van der Waals surface area contributed by atoms with Crippen molar-refractivity contribution < 1.29 is 48.3 Å². The van der Waals surface area contributed by atoms with E-state index in [0.29, 0.717) is 44.6 Å². The van der Waals surface area contributed by atoms with Crippen molar-refractivity contribution in [3.8, 4) is 17.2 Å². The zero-order valence-corrected chi connectivity index (χ0v) is 58.1. The second kappa shape index (κ2) is 25.6. The smallest absolute Gasteiger partial charge is 0.228 e. The van der Waals surface area contributed by atoms with Crippen molar-refractivity contribution >= 4 is 58.5 Å². The highest BCUT2D eigenvalue weighted by molar-refractivity contribution is 7.99. The largest absolute Gasteiger partial charge is 0.491 e. The monoisotopic (exact) mass is 1390 g/mol. The summed E-state index contributed by atoms with van der Waals surface area (Å²) in [5, 5.41) is 44.5. The summed E-state index contributed by atoms with van der Waals surface area (Å²) in [6, 6.07) is 40.8. The molecule has 2 unspecified atom stereocenters. The van der Waals surface area contributed by atoms with Crippen molar-refractivity contribution in [3.63, 3.8) is 0 Å². The van der Waals surface area contributed by atoms with Crippen molar-refractivity contribution in [2.24, 2.45) is 47.3 Å². The van der Waals surface area contributed by atoms with Crippen molar-refractivity contribution in [3.05, 3.63) is 206 Å². The van der Waals surface area contributed by atoms with E-state index in [0.717, 1.165) is 119 Å². The number of benzene rings is 6. The van der Waals surface area contributed by atoms with E-state index in [1.54, 1.807) is 11.8 Å². The molecular weight excluding hydrogens is 1310 g/mol. The van der Waals surface area contributed by atoms with Gasteiger partial charge in [-0.2, -0.15) is 0 Å². The Balaban J connectivity index is 0.000000109. The van der Waals surface area contributed by atoms with E-state index in [1.807, 2.05) is 118 Å². The Bertz CT molecular complexity index is 4150. The molecule has 0 bridgehead atoms. The lowest BCUT2D eigenvalue weighted by Crippen LogP contribution is -2.45. The van der Waals surface area contributed by atoms with Crippen LogP contribution in [0.3, 0.4) is 0 Å². The molecule has 4 aliphatic carbocycles. The normalized spacial score (nSPS) is 29.9. The average molecular weight is 1390 g/mol. The molecule has 4 spiro atoms. The quantitative estimate of drug-likeness (QED) is 0.101. The third-order valence-electron chi connectivity index (χ3n) is 24.5. The lowest BCUT2D eigenvalue weighted by atomic mass is 9.77. The van der Waals surface area contributed by atoms with E-state index in [4.69, 9.17) is 9.47 Å². The van der Waals surface area contributed by atoms with Crippen LogP contribution in [-0.2, 0) is 41.3 Å². The first-order valence-electron chi connectivity index (χ1n) is 35.0. The number of para-hydroxylation sites is 3. The van der Waals surface area contributed by atoms with Crippen molar-refractivity contribution in [2.75, 3.05) is 61.4 Å². The lowest BCUT2D eigenvalue weighted by molar-refractivity contribution is -0.489. The van der Waals surface area contributed by atoms with Gasteiger partial charge < -0.3 is 24.2 Å². The Morgan fingerprint density at radius 1 is 0.430 bits per heavy atom. The number of carbonyl (C=O) groups excluding carboxylic acids is 4. The number of amides is 4. The Labute approximate surface area is 587 Å². The van der Waals surface area contributed by atoms with Crippen LogP contribution in [0.25, 0.3) is 0 Å². The summed E-state index contributed by atoms with van der Waals surface area (Å²) >= 11 is 3.52. The topological polar surface area (TPSA) is 272 Å². The van der Waals surface area contributed by atoms with Gasteiger partial charge >= 0.3 is 0 Å². The van der Waals surface area contributed by atoms with E-state index >= 15 is 0 Å². The molecule has 4 saturated carbocycles. The molecule has 6 aromatic rings. The second-order valence-electron chi connectivity index (χ2n) is 29.6. The van der Waals surface area contributed by atoms with Gasteiger partial charge in [0.2, 0.25) is 49.8 Å². The third kappa shape index (κ3) is 10.8. The van der Waals surface area contributed by atoms with E-state index in [2.05, 4.69) is 62.4 Å². The van der Waals surface area contributed by atoms with Gasteiger partial charge in [0, 0.05) is 131 Å². The molecule has 22 nitrogen and oxygen atoms in total. The number of hydrogen-bond acceptors (Lipinski definition) is 16. The van der Waals surface area contributed by atoms with Gasteiger partial charge in [-0.15, -0.1) is 11.8 Å². The molecule has 12 aliphatic rings. The molecule has 8 heterocycles. The zero-order chi connectivity index (χ0) is 69.9. The van der Waals surface area contributed by atoms with Crippen LogP contribution in [0, 0.1) is 115 Å². The minimum atomic E-state index is -0.562.